The summed E-state index contributed by atoms with van der Waals surface area (Å²) >= 11 is 0. The van der Waals surface area contributed by atoms with E-state index in [9.17, 15) is 0 Å². The number of nitrogens with zero attached hydrogens (tertiary/aromatic N) is 1. The van der Waals surface area contributed by atoms with Gasteiger partial charge in [-0.15, -0.1) is 0 Å². The lowest BCUT2D eigenvalue weighted by Crippen LogP contribution is -2.43. The number of ether oxygens (including phenoxy) is 1. The molecule has 0 spiro atoms. The van der Waals surface area contributed by atoms with Crippen molar-refractivity contribution < 1.29 is 18.0 Å². The molecular weight excluding hydrogens is 202 g/mol. The van der Waals surface area contributed by atoms with Gasteiger partial charge in [0.15, 0.2) is 5.90 Å². The molecule has 1 aliphatic rings. The van der Waals surface area contributed by atoms with E-state index >= 15 is 0 Å². The number of rotatable bonds is 6. The second-order valence-electron chi connectivity index (χ2n) is 2.92. The quantitative estimate of drug-likeness (QED) is 0.617. The van der Waals surface area contributed by atoms with Gasteiger partial charge in [-0.1, -0.05) is 0 Å². The van der Waals surface area contributed by atoms with Gasteiger partial charge in [0, 0.05) is 33.8 Å². The van der Waals surface area contributed by atoms with Crippen molar-refractivity contribution >= 4 is 14.7 Å². The number of hydrogen-bond donors (Lipinski definition) is 0. The summed E-state index contributed by atoms with van der Waals surface area (Å²) in [4.78, 5) is 4.19. The van der Waals surface area contributed by atoms with Crippen molar-refractivity contribution in [1.29, 1.82) is 0 Å². The summed E-state index contributed by atoms with van der Waals surface area (Å²) in [5.41, 5.74) is 0. The van der Waals surface area contributed by atoms with Gasteiger partial charge < -0.3 is 18.0 Å². The van der Waals surface area contributed by atoms with Crippen LogP contribution in [0.3, 0.4) is 0 Å². The van der Waals surface area contributed by atoms with Gasteiger partial charge in [0.2, 0.25) is 0 Å². The zero-order valence-electron chi connectivity index (χ0n) is 8.91. The lowest BCUT2D eigenvalue weighted by Gasteiger charge is -2.23. The van der Waals surface area contributed by atoms with E-state index in [1.807, 2.05) is 0 Å². The molecule has 6 heteroatoms. The number of hydrogen-bond acceptors (Lipinski definition) is 5. The van der Waals surface area contributed by atoms with Crippen LogP contribution in [0.15, 0.2) is 4.99 Å². The van der Waals surface area contributed by atoms with Gasteiger partial charge in [-0.2, -0.15) is 0 Å². The van der Waals surface area contributed by atoms with E-state index in [2.05, 4.69) is 4.99 Å². The predicted octanol–water partition coefficient (Wildman–Crippen LogP) is 0.683. The van der Waals surface area contributed by atoms with E-state index < -0.39 is 8.80 Å². The van der Waals surface area contributed by atoms with Crippen LogP contribution in [0, 0.1) is 0 Å². The monoisotopic (exact) mass is 219 g/mol. The Morgan fingerprint density at radius 2 is 1.93 bits per heavy atom. The van der Waals surface area contributed by atoms with E-state index in [1.165, 1.54) is 0 Å². The third-order valence-corrected chi connectivity index (χ3v) is 4.95. The van der Waals surface area contributed by atoms with Crippen molar-refractivity contribution in [1.82, 2.24) is 0 Å². The van der Waals surface area contributed by atoms with Crippen LogP contribution in [0.5, 0.6) is 0 Å². The lowest BCUT2D eigenvalue weighted by atomic mass is 10.5. The molecule has 0 aliphatic carbocycles. The van der Waals surface area contributed by atoms with Crippen LogP contribution in [0.2, 0.25) is 6.04 Å². The molecular formula is C8H17NO4Si. The molecule has 0 unspecified atom stereocenters. The Balaban J connectivity index is 2.39. The van der Waals surface area contributed by atoms with Crippen LogP contribution >= 0.6 is 0 Å². The van der Waals surface area contributed by atoms with Crippen molar-refractivity contribution in [3.63, 3.8) is 0 Å². The fraction of sp³-hybridized carbons (Fsp3) is 0.875. The average molecular weight is 219 g/mol. The molecule has 0 radical (unpaired) electrons. The van der Waals surface area contributed by atoms with Gasteiger partial charge in [-0.25, -0.2) is 0 Å². The molecule has 0 amide bonds. The third-order valence-electron chi connectivity index (χ3n) is 2.23. The molecule has 0 bridgehead atoms. The van der Waals surface area contributed by atoms with Gasteiger partial charge in [0.25, 0.3) is 0 Å². The average Bonchev–Trinajstić information content (AvgIpc) is 2.74. The zero-order chi connectivity index (χ0) is 10.4. The van der Waals surface area contributed by atoms with Gasteiger partial charge >= 0.3 is 8.80 Å². The first kappa shape index (κ1) is 11.6. The smallest absolute Gasteiger partial charge is 0.479 e. The van der Waals surface area contributed by atoms with E-state index in [0.717, 1.165) is 18.9 Å². The first-order valence-corrected chi connectivity index (χ1v) is 6.51. The molecule has 5 nitrogen and oxygen atoms in total. The Bertz CT molecular complexity index is 197. The molecule has 0 N–H and O–H groups in total. The standard InChI is InChI=1S/C8H17NO4Si/c1-10-14(11-2,12-3)7-4-8-9-5-6-13-8/h4-7H2,1-3H3. The molecule has 1 aliphatic heterocycles. The Morgan fingerprint density at radius 1 is 1.29 bits per heavy atom. The first-order chi connectivity index (χ1) is 6.76. The van der Waals surface area contributed by atoms with Gasteiger partial charge in [-0.3, -0.25) is 4.99 Å². The molecule has 0 atom stereocenters. The van der Waals surface area contributed by atoms with Crippen molar-refractivity contribution in [2.45, 2.75) is 12.5 Å². The zero-order valence-corrected chi connectivity index (χ0v) is 9.91. The van der Waals surface area contributed by atoms with Crippen LogP contribution < -0.4 is 0 Å². The minimum atomic E-state index is -2.45. The first-order valence-electron chi connectivity index (χ1n) is 4.58. The minimum Gasteiger partial charge on any atom is -0.479 e. The Morgan fingerprint density at radius 3 is 2.36 bits per heavy atom. The Hall–Kier alpha value is -0.433. The Kier molecular flexibility index (Phi) is 4.53. The van der Waals surface area contributed by atoms with Crippen LogP contribution in [-0.2, 0) is 18.0 Å². The molecule has 14 heavy (non-hydrogen) atoms. The highest BCUT2D eigenvalue weighted by molar-refractivity contribution is 6.60. The normalized spacial score (nSPS) is 16.6. The van der Waals surface area contributed by atoms with Crippen LogP contribution in [0.4, 0.5) is 0 Å². The highest BCUT2D eigenvalue weighted by atomic mass is 28.4. The molecule has 0 saturated heterocycles. The second-order valence-corrected chi connectivity index (χ2v) is 6.01. The molecule has 0 aromatic rings. The molecule has 1 rings (SSSR count). The van der Waals surface area contributed by atoms with E-state index in [1.54, 1.807) is 21.3 Å². The summed E-state index contributed by atoms with van der Waals surface area (Å²) in [7, 11) is 2.38. The van der Waals surface area contributed by atoms with E-state index in [0.29, 0.717) is 12.7 Å². The van der Waals surface area contributed by atoms with Gasteiger partial charge in [0.05, 0.1) is 6.54 Å². The largest absolute Gasteiger partial charge is 0.500 e. The summed E-state index contributed by atoms with van der Waals surface area (Å²) in [6.07, 6.45) is 0.724. The molecule has 1 heterocycles. The minimum absolute atomic E-state index is 0.691. The molecule has 0 fully saturated rings. The summed E-state index contributed by atoms with van der Waals surface area (Å²) in [5.74, 6) is 0.785. The molecule has 0 saturated carbocycles. The number of aliphatic imine (C=N–C) groups is 1. The van der Waals surface area contributed by atoms with E-state index in [4.69, 9.17) is 18.0 Å². The van der Waals surface area contributed by atoms with Crippen molar-refractivity contribution in [3.05, 3.63) is 0 Å². The third kappa shape index (κ3) is 2.78. The predicted molar refractivity (Wildman–Crippen MR) is 54.5 cm³/mol. The van der Waals surface area contributed by atoms with Crippen molar-refractivity contribution in [2.75, 3.05) is 34.5 Å². The van der Waals surface area contributed by atoms with Crippen LogP contribution in [0.1, 0.15) is 6.42 Å². The Labute approximate surface area is 85.4 Å². The van der Waals surface area contributed by atoms with Gasteiger partial charge in [-0.05, 0) is 0 Å². The maximum atomic E-state index is 5.29. The lowest BCUT2D eigenvalue weighted by molar-refractivity contribution is 0.123. The molecule has 0 aromatic heterocycles. The fourth-order valence-corrected chi connectivity index (χ4v) is 2.98. The van der Waals surface area contributed by atoms with E-state index in [-0.39, 0.29) is 0 Å². The topological polar surface area (TPSA) is 49.3 Å². The van der Waals surface area contributed by atoms with Crippen LogP contribution in [-0.4, -0.2) is 49.2 Å². The highest BCUT2D eigenvalue weighted by Gasteiger charge is 2.38. The second kappa shape index (κ2) is 5.45. The maximum Gasteiger partial charge on any atom is 0.500 e. The molecule has 82 valence electrons. The summed E-state index contributed by atoms with van der Waals surface area (Å²) in [6, 6.07) is 0.704. The fourth-order valence-electron chi connectivity index (χ4n) is 1.35. The molecule has 0 aromatic carbocycles. The maximum absolute atomic E-state index is 5.29. The van der Waals surface area contributed by atoms with Crippen molar-refractivity contribution in [2.24, 2.45) is 4.99 Å². The van der Waals surface area contributed by atoms with Crippen molar-refractivity contribution in [3.8, 4) is 0 Å². The summed E-state index contributed by atoms with van der Waals surface area (Å²) < 4.78 is 21.1. The van der Waals surface area contributed by atoms with Crippen LogP contribution in [0.25, 0.3) is 0 Å². The highest BCUT2D eigenvalue weighted by Crippen LogP contribution is 2.16. The van der Waals surface area contributed by atoms with Gasteiger partial charge in [0.1, 0.15) is 6.61 Å². The summed E-state index contributed by atoms with van der Waals surface area (Å²) in [5, 5.41) is 0. The summed E-state index contributed by atoms with van der Waals surface area (Å²) in [6.45, 7) is 1.45. The SMILES string of the molecule is CO[Si](CCC1=NCCO1)(OC)OC.